The van der Waals surface area contributed by atoms with E-state index in [1.165, 1.54) is 0 Å². The summed E-state index contributed by atoms with van der Waals surface area (Å²) >= 11 is 0. The second-order valence-corrected chi connectivity index (χ2v) is 5.88. The Morgan fingerprint density at radius 2 is 2.08 bits per heavy atom. The molecule has 0 unspecified atom stereocenters. The van der Waals surface area contributed by atoms with Crippen molar-refractivity contribution >= 4 is 22.5 Å². The number of hydrogen-bond acceptors (Lipinski definition) is 6. The minimum Gasteiger partial charge on any atom is -0.379 e. The molecule has 132 valence electrons. The highest BCUT2D eigenvalue weighted by Crippen LogP contribution is 2.22. The SMILES string of the molecule is [2H]c1nc([2H])c(-c2cc3cc(NC(=O)CN4CCOCC4)ncc3cn2)c([2H])c1[2H]. The average molecular weight is 353 g/mol. The molecule has 0 spiro atoms. The minimum absolute atomic E-state index is 0.0904. The Kier molecular flexibility index (Phi) is 3.62. The molecule has 1 fully saturated rings. The van der Waals surface area contributed by atoms with Crippen LogP contribution in [0.3, 0.4) is 0 Å². The molecule has 0 bridgehead atoms. The van der Waals surface area contributed by atoms with Gasteiger partial charge >= 0.3 is 0 Å². The van der Waals surface area contributed by atoms with Crippen LogP contribution >= 0.6 is 0 Å². The normalized spacial score (nSPS) is 17.2. The molecule has 7 heteroatoms. The number of nitrogens with one attached hydrogen (secondary N) is 1. The van der Waals surface area contributed by atoms with E-state index < -0.39 is 6.17 Å². The second-order valence-electron chi connectivity index (χ2n) is 5.88. The summed E-state index contributed by atoms with van der Waals surface area (Å²) in [6.45, 7) is 2.91. The van der Waals surface area contributed by atoms with E-state index in [1.807, 2.05) is 4.90 Å². The highest BCUT2D eigenvalue weighted by molar-refractivity contribution is 5.94. The molecule has 3 aromatic heterocycles. The fraction of sp³-hybridized carbons (Fsp3) is 0.263. The van der Waals surface area contributed by atoms with Crippen LogP contribution in [0.4, 0.5) is 5.82 Å². The van der Waals surface area contributed by atoms with Crippen molar-refractivity contribution in [2.24, 2.45) is 0 Å². The first-order chi connectivity index (χ1) is 14.4. The lowest BCUT2D eigenvalue weighted by Crippen LogP contribution is -2.41. The molecule has 0 aromatic carbocycles. The first-order valence-corrected chi connectivity index (χ1v) is 8.23. The molecular formula is C19H19N5O2. The van der Waals surface area contributed by atoms with E-state index in [9.17, 15) is 4.79 Å². The van der Waals surface area contributed by atoms with Crippen molar-refractivity contribution in [3.8, 4) is 11.3 Å². The lowest BCUT2D eigenvalue weighted by molar-refractivity contribution is -0.118. The van der Waals surface area contributed by atoms with Crippen molar-refractivity contribution in [3.05, 3.63) is 49.0 Å². The maximum absolute atomic E-state index is 12.3. The van der Waals surface area contributed by atoms with Gasteiger partial charge in [0.25, 0.3) is 0 Å². The van der Waals surface area contributed by atoms with Crippen LogP contribution in [-0.4, -0.2) is 58.6 Å². The smallest absolute Gasteiger partial charge is 0.239 e. The van der Waals surface area contributed by atoms with Gasteiger partial charge in [-0.05, 0) is 29.6 Å². The largest absolute Gasteiger partial charge is 0.379 e. The molecule has 1 saturated heterocycles. The summed E-state index contributed by atoms with van der Waals surface area (Å²) in [5.74, 6) is 0.213. The summed E-state index contributed by atoms with van der Waals surface area (Å²) in [5, 5.41) is 4.21. The van der Waals surface area contributed by atoms with Crippen LogP contribution in [0.2, 0.25) is 0 Å². The van der Waals surface area contributed by atoms with Crippen LogP contribution in [-0.2, 0) is 9.53 Å². The highest BCUT2D eigenvalue weighted by atomic mass is 16.5. The molecule has 26 heavy (non-hydrogen) atoms. The Hall–Kier alpha value is -2.90. The van der Waals surface area contributed by atoms with Gasteiger partial charge in [0, 0.05) is 48.8 Å². The van der Waals surface area contributed by atoms with Gasteiger partial charge in [-0.1, -0.05) is 0 Å². The molecule has 0 radical (unpaired) electrons. The van der Waals surface area contributed by atoms with Crippen molar-refractivity contribution in [1.29, 1.82) is 0 Å². The number of hydrogen-bond donors (Lipinski definition) is 1. The van der Waals surface area contributed by atoms with Gasteiger partial charge in [0.05, 0.1) is 30.9 Å². The number of morpholine rings is 1. The molecule has 1 aliphatic rings. The summed E-state index contributed by atoms with van der Waals surface area (Å²) in [5.41, 5.74) is 0.392. The van der Waals surface area contributed by atoms with Gasteiger partial charge in [0.15, 0.2) is 0 Å². The van der Waals surface area contributed by atoms with Gasteiger partial charge < -0.3 is 10.1 Å². The molecule has 1 amide bonds. The fourth-order valence-corrected chi connectivity index (χ4v) is 2.74. The second kappa shape index (κ2) is 7.55. The summed E-state index contributed by atoms with van der Waals surface area (Å²) in [4.78, 5) is 26.5. The Morgan fingerprint density at radius 1 is 1.23 bits per heavy atom. The molecule has 7 nitrogen and oxygen atoms in total. The molecule has 0 aliphatic carbocycles. The van der Waals surface area contributed by atoms with E-state index in [2.05, 4.69) is 20.3 Å². The highest BCUT2D eigenvalue weighted by Gasteiger charge is 2.14. The van der Waals surface area contributed by atoms with Crippen LogP contribution in [0.5, 0.6) is 0 Å². The van der Waals surface area contributed by atoms with E-state index >= 15 is 0 Å². The zero-order valence-corrected chi connectivity index (χ0v) is 14.0. The number of pyridine rings is 3. The molecule has 1 aliphatic heterocycles. The lowest BCUT2D eigenvalue weighted by atomic mass is 10.1. The minimum atomic E-state index is -0.413. The van der Waals surface area contributed by atoms with Crippen molar-refractivity contribution in [2.45, 2.75) is 0 Å². The summed E-state index contributed by atoms with van der Waals surface area (Å²) in [6.07, 6.45) is 2.44. The van der Waals surface area contributed by atoms with Gasteiger partial charge in [-0.25, -0.2) is 4.98 Å². The topological polar surface area (TPSA) is 80.2 Å². The number of nitrogens with zero attached hydrogens (tertiary/aromatic N) is 4. The van der Waals surface area contributed by atoms with Gasteiger partial charge in [0.2, 0.25) is 5.91 Å². The first kappa shape index (κ1) is 12.5. The third-order valence-electron chi connectivity index (χ3n) is 4.06. The van der Waals surface area contributed by atoms with Crippen LogP contribution in [0, 0.1) is 0 Å². The molecule has 4 rings (SSSR count). The van der Waals surface area contributed by atoms with Gasteiger partial charge in [-0.15, -0.1) is 0 Å². The van der Waals surface area contributed by atoms with Crippen LogP contribution in [0.1, 0.15) is 5.48 Å². The number of amides is 1. The van der Waals surface area contributed by atoms with Crippen LogP contribution < -0.4 is 5.32 Å². The monoisotopic (exact) mass is 353 g/mol. The molecule has 3 aromatic rings. The van der Waals surface area contributed by atoms with E-state index in [-0.39, 0.29) is 36.3 Å². The van der Waals surface area contributed by atoms with Crippen molar-refractivity contribution in [1.82, 2.24) is 19.9 Å². The third kappa shape index (κ3) is 3.84. The maximum atomic E-state index is 12.3. The predicted octanol–water partition coefficient (Wildman–Crippen LogP) is 1.96. The van der Waals surface area contributed by atoms with E-state index in [4.69, 9.17) is 10.2 Å². The van der Waals surface area contributed by atoms with E-state index in [0.717, 1.165) is 5.39 Å². The number of fused-ring (bicyclic) bond motifs is 1. The molecule has 0 saturated carbocycles. The number of carbonyl (C=O) groups is 1. The third-order valence-corrected chi connectivity index (χ3v) is 4.06. The quantitative estimate of drug-likeness (QED) is 0.772. The Morgan fingerprint density at radius 3 is 2.96 bits per heavy atom. The van der Waals surface area contributed by atoms with E-state index in [0.29, 0.717) is 43.2 Å². The fourth-order valence-electron chi connectivity index (χ4n) is 2.74. The van der Waals surface area contributed by atoms with Crippen molar-refractivity contribution < 1.29 is 15.0 Å². The maximum Gasteiger partial charge on any atom is 0.239 e. The van der Waals surface area contributed by atoms with E-state index in [1.54, 1.807) is 24.5 Å². The Bertz CT molecular complexity index is 1120. The van der Waals surface area contributed by atoms with Crippen molar-refractivity contribution in [3.63, 3.8) is 0 Å². The summed E-state index contributed by atoms with van der Waals surface area (Å²) in [6, 6.07) is 2.73. The van der Waals surface area contributed by atoms with Gasteiger partial charge in [-0.3, -0.25) is 19.7 Å². The lowest BCUT2D eigenvalue weighted by Gasteiger charge is -2.25. The number of ether oxygens (including phenoxy) is 1. The Balaban J connectivity index is 1.60. The van der Waals surface area contributed by atoms with Gasteiger partial charge in [-0.2, -0.15) is 0 Å². The van der Waals surface area contributed by atoms with Crippen molar-refractivity contribution in [2.75, 3.05) is 38.2 Å². The summed E-state index contributed by atoms with van der Waals surface area (Å²) < 4.78 is 36.7. The Labute approximate surface area is 156 Å². The molecular weight excluding hydrogens is 330 g/mol. The number of aromatic nitrogens is 3. The van der Waals surface area contributed by atoms with Gasteiger partial charge in [0.1, 0.15) is 5.82 Å². The number of rotatable bonds is 4. The van der Waals surface area contributed by atoms with Crippen LogP contribution in [0.25, 0.3) is 22.0 Å². The average Bonchev–Trinajstić information content (AvgIpc) is 2.72. The zero-order chi connectivity index (χ0) is 21.3. The summed E-state index contributed by atoms with van der Waals surface area (Å²) in [7, 11) is 0. The molecule has 4 heterocycles. The molecule has 0 atom stereocenters. The predicted molar refractivity (Wildman–Crippen MR) is 98.7 cm³/mol. The standard InChI is InChI=1S/C19H19N5O2/c25-19(13-24-4-6-26-7-5-24)23-18-9-15-8-17(14-2-1-3-20-10-14)21-11-16(15)12-22-18/h1-3,8-12H,4-7,13H2,(H,22,23,25)/i1D,2D,3D,10D. The number of anilines is 1. The number of carbonyl (C=O) groups excluding carboxylic acids is 1. The zero-order valence-electron chi connectivity index (χ0n) is 18.0. The van der Waals surface area contributed by atoms with Crippen LogP contribution in [0.15, 0.2) is 49.0 Å². The first-order valence-electron chi connectivity index (χ1n) is 10.2. The molecule has 1 N–H and O–H groups in total.